The minimum absolute atomic E-state index is 0.0649. The van der Waals surface area contributed by atoms with Crippen molar-refractivity contribution >= 4 is 29.2 Å². The summed E-state index contributed by atoms with van der Waals surface area (Å²) in [7, 11) is 1.29. The van der Waals surface area contributed by atoms with Gasteiger partial charge in [-0.05, 0) is 17.7 Å². The van der Waals surface area contributed by atoms with E-state index >= 15 is 0 Å². The molecule has 28 heavy (non-hydrogen) atoms. The normalized spacial score (nSPS) is 13.0. The highest BCUT2D eigenvalue weighted by molar-refractivity contribution is 6.09. The summed E-state index contributed by atoms with van der Waals surface area (Å²) in [6, 6.07) is 16.7. The number of esters is 1. The van der Waals surface area contributed by atoms with Crippen LogP contribution in [0, 0.1) is 0 Å². The molecule has 0 bridgehead atoms. The van der Waals surface area contributed by atoms with Crippen LogP contribution in [0.2, 0.25) is 0 Å². The Morgan fingerprint density at radius 3 is 2.54 bits per heavy atom. The fourth-order valence-corrected chi connectivity index (χ4v) is 2.85. The van der Waals surface area contributed by atoms with E-state index in [1.165, 1.54) is 18.1 Å². The molecule has 7 heteroatoms. The average Bonchev–Trinajstić information content (AvgIpc) is 2.83. The molecule has 0 spiro atoms. The molecule has 0 radical (unpaired) electrons. The Morgan fingerprint density at radius 1 is 1.07 bits per heavy atom. The van der Waals surface area contributed by atoms with Crippen LogP contribution in [-0.4, -0.2) is 31.4 Å². The van der Waals surface area contributed by atoms with Crippen LogP contribution in [0.25, 0.3) is 0 Å². The zero-order valence-electron chi connectivity index (χ0n) is 15.5. The highest BCUT2D eigenvalue weighted by atomic mass is 16.5. The van der Waals surface area contributed by atoms with Gasteiger partial charge in [0.25, 0.3) is 5.91 Å². The number of fused-ring (bicyclic) bond motifs is 1. The van der Waals surface area contributed by atoms with Crippen molar-refractivity contribution in [2.75, 3.05) is 23.9 Å². The quantitative estimate of drug-likeness (QED) is 0.752. The smallest absolute Gasteiger partial charge is 0.311 e. The fourth-order valence-electron chi connectivity index (χ4n) is 2.85. The molecule has 2 N–H and O–H groups in total. The van der Waals surface area contributed by atoms with Crippen LogP contribution < -0.4 is 15.5 Å². The summed E-state index contributed by atoms with van der Waals surface area (Å²) >= 11 is 0. The number of amides is 2. The van der Waals surface area contributed by atoms with Gasteiger partial charge in [0, 0.05) is 18.3 Å². The lowest BCUT2D eigenvalue weighted by atomic mass is 10.2. The van der Waals surface area contributed by atoms with Crippen LogP contribution in [0.15, 0.2) is 66.4 Å². The monoisotopic (exact) mass is 379 g/mol. The third-order valence-electron chi connectivity index (χ3n) is 4.25. The summed E-state index contributed by atoms with van der Waals surface area (Å²) in [5, 5.41) is 5.90. The lowest BCUT2D eigenvalue weighted by molar-refractivity contribution is -0.139. The Morgan fingerprint density at radius 2 is 1.79 bits per heavy atom. The number of ether oxygens (including phenoxy) is 1. The number of nitrogens with one attached hydrogen (secondary N) is 2. The van der Waals surface area contributed by atoms with Crippen LogP contribution in [0.5, 0.6) is 0 Å². The average molecular weight is 379 g/mol. The number of anilines is 2. The Balaban J connectivity index is 1.76. The molecule has 1 aliphatic rings. The molecule has 0 saturated heterocycles. The first-order chi connectivity index (χ1) is 13.6. The van der Waals surface area contributed by atoms with E-state index < -0.39 is 5.97 Å². The van der Waals surface area contributed by atoms with Gasteiger partial charge in [-0.25, -0.2) is 0 Å². The summed E-state index contributed by atoms with van der Waals surface area (Å²) in [4.78, 5) is 38.2. The molecule has 3 rings (SSSR count). The van der Waals surface area contributed by atoms with Crippen molar-refractivity contribution in [3.63, 3.8) is 0 Å². The Bertz CT molecular complexity index is 909. The first-order valence-electron chi connectivity index (χ1n) is 8.82. The summed E-state index contributed by atoms with van der Waals surface area (Å²) in [5.74, 6) is -1.12. The van der Waals surface area contributed by atoms with Crippen molar-refractivity contribution in [2.24, 2.45) is 0 Å². The number of carbonyl (C=O) groups excluding carboxylic acids is 3. The number of benzene rings is 2. The van der Waals surface area contributed by atoms with Crippen molar-refractivity contribution in [3.8, 4) is 0 Å². The van der Waals surface area contributed by atoms with Crippen LogP contribution in [0.4, 0.5) is 11.4 Å². The topological polar surface area (TPSA) is 87.7 Å². The summed E-state index contributed by atoms with van der Waals surface area (Å²) in [6.45, 7) is 0.247. The molecule has 1 heterocycles. The van der Waals surface area contributed by atoms with Crippen LogP contribution in [0.1, 0.15) is 12.0 Å². The van der Waals surface area contributed by atoms with Gasteiger partial charge in [0.15, 0.2) is 0 Å². The van der Waals surface area contributed by atoms with E-state index in [1.807, 2.05) is 36.4 Å². The van der Waals surface area contributed by atoms with Crippen molar-refractivity contribution in [1.82, 2.24) is 5.32 Å². The van der Waals surface area contributed by atoms with E-state index in [-0.39, 0.29) is 24.8 Å². The Hall–Kier alpha value is -3.61. The molecule has 0 aliphatic carbocycles. The first kappa shape index (κ1) is 19.2. The van der Waals surface area contributed by atoms with Crippen molar-refractivity contribution in [1.29, 1.82) is 0 Å². The highest BCUT2D eigenvalue weighted by Crippen LogP contribution is 2.30. The molecule has 7 nitrogen and oxygen atoms in total. The molecule has 0 aromatic heterocycles. The van der Waals surface area contributed by atoms with E-state index in [2.05, 4.69) is 15.4 Å². The molecule has 0 atom stereocenters. The highest BCUT2D eigenvalue weighted by Gasteiger charge is 2.24. The third kappa shape index (κ3) is 4.76. The fraction of sp³-hybridized carbons (Fsp3) is 0.190. The summed E-state index contributed by atoms with van der Waals surface area (Å²) in [5.41, 5.74) is 2.59. The van der Waals surface area contributed by atoms with E-state index in [0.717, 1.165) is 5.56 Å². The number of methoxy groups -OCH3 is 1. The number of hydrogen-bond acceptors (Lipinski definition) is 5. The second-order valence-corrected chi connectivity index (χ2v) is 6.25. The van der Waals surface area contributed by atoms with Crippen LogP contribution in [0.3, 0.4) is 0 Å². The van der Waals surface area contributed by atoms with E-state index in [9.17, 15) is 14.4 Å². The van der Waals surface area contributed by atoms with Crippen LogP contribution in [-0.2, 0) is 25.7 Å². The van der Waals surface area contributed by atoms with Gasteiger partial charge >= 0.3 is 5.97 Å². The van der Waals surface area contributed by atoms with E-state index in [1.54, 1.807) is 18.2 Å². The summed E-state index contributed by atoms with van der Waals surface area (Å²) < 4.78 is 4.67. The molecule has 144 valence electrons. The lowest BCUT2D eigenvalue weighted by Gasteiger charge is -2.21. The largest absolute Gasteiger partial charge is 0.469 e. The van der Waals surface area contributed by atoms with Gasteiger partial charge in [-0.1, -0.05) is 42.5 Å². The van der Waals surface area contributed by atoms with Crippen molar-refractivity contribution < 1.29 is 19.1 Å². The van der Waals surface area contributed by atoms with E-state index in [0.29, 0.717) is 23.6 Å². The molecular weight excluding hydrogens is 358 g/mol. The molecule has 2 aromatic rings. The standard InChI is InChI=1S/C21H21N3O4/c1-28-21(27)12-16-11-20(26)24(18-10-6-5-9-17(18)23-16)14-19(25)22-13-15-7-3-2-4-8-15/h2-11,23H,12-14H2,1H3,(H,22,25). The minimum atomic E-state index is -0.460. The van der Waals surface area contributed by atoms with Gasteiger partial charge in [0.1, 0.15) is 6.54 Å². The van der Waals surface area contributed by atoms with Gasteiger partial charge in [-0.2, -0.15) is 0 Å². The maximum absolute atomic E-state index is 12.7. The van der Waals surface area contributed by atoms with Gasteiger partial charge in [-0.15, -0.1) is 0 Å². The zero-order chi connectivity index (χ0) is 19.9. The van der Waals surface area contributed by atoms with Crippen molar-refractivity contribution in [3.05, 3.63) is 71.9 Å². The zero-order valence-corrected chi connectivity index (χ0v) is 15.5. The predicted molar refractivity (Wildman–Crippen MR) is 105 cm³/mol. The minimum Gasteiger partial charge on any atom is -0.469 e. The number of nitrogens with zero attached hydrogens (tertiary/aromatic N) is 1. The number of rotatable bonds is 6. The van der Waals surface area contributed by atoms with Crippen LogP contribution >= 0.6 is 0 Å². The Kier molecular flexibility index (Phi) is 6.06. The second-order valence-electron chi connectivity index (χ2n) is 6.25. The molecular formula is C21H21N3O4. The maximum Gasteiger partial charge on any atom is 0.311 e. The molecule has 0 unspecified atom stereocenters. The Labute approximate surface area is 163 Å². The molecule has 0 saturated carbocycles. The molecule has 1 aliphatic heterocycles. The van der Waals surface area contributed by atoms with E-state index in [4.69, 9.17) is 0 Å². The lowest BCUT2D eigenvalue weighted by Crippen LogP contribution is -2.39. The summed E-state index contributed by atoms with van der Waals surface area (Å²) in [6.07, 6.45) is 1.26. The number of hydrogen-bond donors (Lipinski definition) is 2. The number of para-hydroxylation sites is 2. The van der Waals surface area contributed by atoms with Gasteiger partial charge in [0.2, 0.25) is 5.91 Å². The van der Waals surface area contributed by atoms with Gasteiger partial charge < -0.3 is 15.4 Å². The molecule has 2 amide bonds. The predicted octanol–water partition coefficient (Wildman–Crippen LogP) is 2.21. The van der Waals surface area contributed by atoms with Crippen molar-refractivity contribution in [2.45, 2.75) is 13.0 Å². The third-order valence-corrected chi connectivity index (χ3v) is 4.25. The van der Waals surface area contributed by atoms with Gasteiger partial charge in [0.05, 0.1) is 24.9 Å². The SMILES string of the molecule is COC(=O)CC1=CC(=O)N(CC(=O)NCc2ccccc2)c2ccccc2N1. The van der Waals surface area contributed by atoms with Gasteiger partial charge in [-0.3, -0.25) is 19.3 Å². The molecule has 2 aromatic carbocycles. The second kappa shape index (κ2) is 8.85. The maximum atomic E-state index is 12.7. The number of carbonyl (C=O) groups is 3. The first-order valence-corrected chi connectivity index (χ1v) is 8.82. The molecule has 0 fully saturated rings.